The van der Waals surface area contributed by atoms with E-state index in [4.69, 9.17) is 0 Å². The number of benzene rings is 1. The fourth-order valence-corrected chi connectivity index (χ4v) is 1.69. The molecule has 0 saturated carbocycles. The van der Waals surface area contributed by atoms with Crippen molar-refractivity contribution < 1.29 is 0 Å². The second-order valence-corrected chi connectivity index (χ2v) is 3.77. The van der Waals surface area contributed by atoms with Crippen LogP contribution in [0.15, 0.2) is 72.2 Å². The van der Waals surface area contributed by atoms with E-state index in [1.807, 2.05) is 36.1 Å². The normalized spacial score (nSPS) is 11.1. The van der Waals surface area contributed by atoms with E-state index in [1.165, 1.54) is 4.90 Å². The Labute approximate surface area is 90.0 Å². The fraction of sp³-hybridized carbons (Fsp3) is 0.0769. The molecule has 0 radical (unpaired) electrons. The van der Waals surface area contributed by atoms with Crippen molar-refractivity contribution in [3.63, 3.8) is 0 Å². The zero-order valence-corrected chi connectivity index (χ0v) is 8.91. The molecule has 0 fully saturated rings. The zero-order chi connectivity index (χ0) is 10.1. The van der Waals surface area contributed by atoms with E-state index in [0.717, 1.165) is 5.75 Å². The van der Waals surface area contributed by atoms with Gasteiger partial charge in [-0.15, -0.1) is 11.8 Å². The lowest BCUT2D eigenvalue weighted by Gasteiger charge is -1.95. The Bertz CT molecular complexity index is 309. The molecule has 0 aliphatic heterocycles. The molecular formula is C13H14S. The van der Waals surface area contributed by atoms with Crippen LogP contribution in [-0.4, -0.2) is 5.75 Å². The predicted molar refractivity (Wildman–Crippen MR) is 65.6 cm³/mol. The highest BCUT2D eigenvalue weighted by molar-refractivity contribution is 7.99. The molecule has 0 N–H and O–H groups in total. The number of thioether (sulfide) groups is 1. The molecular weight excluding hydrogens is 188 g/mol. The third-order valence-corrected chi connectivity index (χ3v) is 2.55. The van der Waals surface area contributed by atoms with E-state index >= 15 is 0 Å². The van der Waals surface area contributed by atoms with E-state index in [0.29, 0.717) is 0 Å². The van der Waals surface area contributed by atoms with Crippen LogP contribution in [-0.2, 0) is 0 Å². The van der Waals surface area contributed by atoms with Crippen molar-refractivity contribution in [1.82, 2.24) is 0 Å². The first kappa shape index (κ1) is 10.9. The van der Waals surface area contributed by atoms with Gasteiger partial charge in [0.2, 0.25) is 0 Å². The Balaban J connectivity index is 2.25. The van der Waals surface area contributed by atoms with Crippen molar-refractivity contribution in [2.24, 2.45) is 0 Å². The van der Waals surface area contributed by atoms with Gasteiger partial charge in [0.05, 0.1) is 0 Å². The van der Waals surface area contributed by atoms with Crippen molar-refractivity contribution in [3.05, 3.63) is 67.3 Å². The van der Waals surface area contributed by atoms with Gasteiger partial charge in [-0.25, -0.2) is 0 Å². The van der Waals surface area contributed by atoms with Crippen molar-refractivity contribution >= 4 is 11.8 Å². The van der Waals surface area contributed by atoms with Crippen LogP contribution < -0.4 is 0 Å². The molecule has 0 unspecified atom stereocenters. The second-order valence-electron chi connectivity index (χ2n) is 2.67. The van der Waals surface area contributed by atoms with Crippen LogP contribution in [0.25, 0.3) is 0 Å². The van der Waals surface area contributed by atoms with E-state index in [2.05, 4.69) is 36.9 Å². The van der Waals surface area contributed by atoms with Gasteiger partial charge in [0.1, 0.15) is 0 Å². The standard InChI is InChI=1S/C13H14S/c1-2-3-4-5-9-12-14-13-10-7-6-8-11-13/h2-11H,1,12H2/b4-3-,9-5-. The minimum atomic E-state index is 1.01. The minimum Gasteiger partial charge on any atom is -0.122 e. The van der Waals surface area contributed by atoms with E-state index in [1.54, 1.807) is 6.08 Å². The first-order valence-corrected chi connectivity index (χ1v) is 5.54. The zero-order valence-electron chi connectivity index (χ0n) is 8.10. The van der Waals surface area contributed by atoms with Gasteiger partial charge in [-0.05, 0) is 12.1 Å². The molecule has 0 amide bonds. The minimum absolute atomic E-state index is 1.01. The highest BCUT2D eigenvalue weighted by atomic mass is 32.2. The predicted octanol–water partition coefficient (Wildman–Crippen LogP) is 4.08. The molecule has 1 aromatic rings. The molecule has 0 bridgehead atoms. The number of allylic oxidation sites excluding steroid dienone is 4. The van der Waals surface area contributed by atoms with Gasteiger partial charge in [0.25, 0.3) is 0 Å². The van der Waals surface area contributed by atoms with Gasteiger partial charge in [0, 0.05) is 10.6 Å². The maximum Gasteiger partial charge on any atom is 0.0163 e. The maximum atomic E-state index is 3.60. The van der Waals surface area contributed by atoms with Crippen molar-refractivity contribution in [2.75, 3.05) is 5.75 Å². The topological polar surface area (TPSA) is 0 Å². The van der Waals surface area contributed by atoms with Gasteiger partial charge >= 0.3 is 0 Å². The number of hydrogen-bond donors (Lipinski definition) is 0. The van der Waals surface area contributed by atoms with Gasteiger partial charge in [-0.3, -0.25) is 0 Å². The van der Waals surface area contributed by atoms with Crippen LogP contribution in [0.1, 0.15) is 0 Å². The molecule has 0 heterocycles. The Morgan fingerprint density at radius 3 is 2.57 bits per heavy atom. The summed E-state index contributed by atoms with van der Waals surface area (Å²) < 4.78 is 0. The van der Waals surface area contributed by atoms with E-state index < -0.39 is 0 Å². The Morgan fingerprint density at radius 2 is 1.86 bits per heavy atom. The largest absolute Gasteiger partial charge is 0.122 e. The highest BCUT2D eigenvalue weighted by Gasteiger charge is 1.87. The fourth-order valence-electron chi connectivity index (χ4n) is 0.938. The first-order chi connectivity index (χ1) is 6.93. The lowest BCUT2D eigenvalue weighted by atomic mass is 10.4. The Hall–Kier alpha value is -1.21. The summed E-state index contributed by atoms with van der Waals surface area (Å²) in [7, 11) is 0. The third-order valence-electron chi connectivity index (χ3n) is 1.58. The molecule has 72 valence electrons. The Kier molecular flexibility index (Phi) is 5.60. The van der Waals surface area contributed by atoms with Crippen LogP contribution in [0.5, 0.6) is 0 Å². The average Bonchev–Trinajstić information content (AvgIpc) is 2.25. The van der Waals surface area contributed by atoms with Gasteiger partial charge in [0.15, 0.2) is 0 Å². The molecule has 0 aromatic heterocycles. The number of rotatable bonds is 5. The summed E-state index contributed by atoms with van der Waals surface area (Å²) in [6, 6.07) is 10.4. The summed E-state index contributed by atoms with van der Waals surface area (Å²) in [5.41, 5.74) is 0. The summed E-state index contributed by atoms with van der Waals surface area (Å²) in [6.45, 7) is 3.60. The molecule has 1 heteroatoms. The molecule has 0 saturated heterocycles. The van der Waals surface area contributed by atoms with Gasteiger partial charge in [-0.1, -0.05) is 55.2 Å². The second kappa shape index (κ2) is 7.22. The summed E-state index contributed by atoms with van der Waals surface area (Å²) in [6.07, 6.45) is 9.85. The quantitative estimate of drug-likeness (QED) is 0.512. The van der Waals surface area contributed by atoms with Crippen LogP contribution >= 0.6 is 11.8 Å². The third kappa shape index (κ3) is 4.73. The molecule has 1 aromatic carbocycles. The van der Waals surface area contributed by atoms with Crippen LogP contribution in [0.3, 0.4) is 0 Å². The SMILES string of the molecule is C=C/C=C\C=C/CSc1ccccc1. The molecule has 0 atom stereocenters. The van der Waals surface area contributed by atoms with Gasteiger partial charge < -0.3 is 0 Å². The van der Waals surface area contributed by atoms with E-state index in [9.17, 15) is 0 Å². The monoisotopic (exact) mass is 202 g/mol. The highest BCUT2D eigenvalue weighted by Crippen LogP contribution is 2.16. The average molecular weight is 202 g/mol. The molecule has 14 heavy (non-hydrogen) atoms. The lowest BCUT2D eigenvalue weighted by Crippen LogP contribution is -1.71. The van der Waals surface area contributed by atoms with Gasteiger partial charge in [-0.2, -0.15) is 0 Å². The smallest absolute Gasteiger partial charge is 0.0163 e. The van der Waals surface area contributed by atoms with Crippen LogP contribution in [0, 0.1) is 0 Å². The van der Waals surface area contributed by atoms with Crippen molar-refractivity contribution in [2.45, 2.75) is 4.90 Å². The van der Waals surface area contributed by atoms with Crippen LogP contribution in [0.2, 0.25) is 0 Å². The van der Waals surface area contributed by atoms with Crippen LogP contribution in [0.4, 0.5) is 0 Å². The molecule has 0 nitrogen and oxygen atoms in total. The first-order valence-electron chi connectivity index (χ1n) is 4.55. The summed E-state index contributed by atoms with van der Waals surface area (Å²) in [5.74, 6) is 1.01. The lowest BCUT2D eigenvalue weighted by molar-refractivity contribution is 1.46. The maximum absolute atomic E-state index is 3.60. The van der Waals surface area contributed by atoms with Crippen molar-refractivity contribution in [1.29, 1.82) is 0 Å². The number of hydrogen-bond acceptors (Lipinski definition) is 1. The molecule has 0 aliphatic carbocycles. The van der Waals surface area contributed by atoms with E-state index in [-0.39, 0.29) is 0 Å². The summed E-state index contributed by atoms with van der Waals surface area (Å²) in [5, 5.41) is 0. The molecule has 1 rings (SSSR count). The van der Waals surface area contributed by atoms with Crippen molar-refractivity contribution in [3.8, 4) is 0 Å². The Morgan fingerprint density at radius 1 is 1.07 bits per heavy atom. The molecule has 0 spiro atoms. The summed E-state index contributed by atoms with van der Waals surface area (Å²) in [4.78, 5) is 1.31. The molecule has 0 aliphatic rings. The summed E-state index contributed by atoms with van der Waals surface area (Å²) >= 11 is 1.83.